The lowest BCUT2D eigenvalue weighted by Gasteiger charge is -2.27. The lowest BCUT2D eigenvalue weighted by Crippen LogP contribution is -2.42. The maximum atomic E-state index is 12.8. The molecule has 0 saturated heterocycles. The van der Waals surface area contributed by atoms with Gasteiger partial charge >= 0.3 is 0 Å². The molecule has 1 saturated carbocycles. The van der Waals surface area contributed by atoms with E-state index in [0.29, 0.717) is 18.9 Å². The molecule has 130 valence electrons. The number of hydrogen-bond donors (Lipinski definition) is 1. The third-order valence-electron chi connectivity index (χ3n) is 4.85. The van der Waals surface area contributed by atoms with Crippen molar-refractivity contribution in [2.75, 3.05) is 23.4 Å². The highest BCUT2D eigenvalue weighted by Gasteiger charge is 2.37. The van der Waals surface area contributed by atoms with E-state index in [0.717, 1.165) is 37.1 Å². The molecule has 1 aliphatic heterocycles. The van der Waals surface area contributed by atoms with Crippen LogP contribution in [0.3, 0.4) is 0 Å². The number of carbonyl (C=O) groups is 2. The van der Waals surface area contributed by atoms with Crippen LogP contribution >= 0.6 is 0 Å². The third-order valence-corrected chi connectivity index (χ3v) is 4.85. The zero-order valence-electron chi connectivity index (χ0n) is 14.7. The van der Waals surface area contributed by atoms with Crippen molar-refractivity contribution in [3.8, 4) is 5.75 Å². The van der Waals surface area contributed by atoms with Crippen molar-refractivity contribution in [1.82, 2.24) is 0 Å². The first kappa shape index (κ1) is 16.8. The van der Waals surface area contributed by atoms with Crippen LogP contribution in [0.4, 0.5) is 11.4 Å². The molecule has 24 heavy (non-hydrogen) atoms. The first-order valence-corrected chi connectivity index (χ1v) is 8.82. The van der Waals surface area contributed by atoms with Gasteiger partial charge in [-0.25, -0.2) is 0 Å². The fraction of sp³-hybridized carbons (Fsp3) is 0.579. The molecule has 5 nitrogen and oxygen atoms in total. The lowest BCUT2D eigenvalue weighted by atomic mass is 9.85. The normalized spacial score (nSPS) is 19.8. The van der Waals surface area contributed by atoms with Gasteiger partial charge in [0.2, 0.25) is 11.8 Å². The highest BCUT2D eigenvalue weighted by atomic mass is 16.5. The number of benzene rings is 1. The van der Waals surface area contributed by atoms with Crippen LogP contribution < -0.4 is 15.0 Å². The van der Waals surface area contributed by atoms with E-state index >= 15 is 0 Å². The van der Waals surface area contributed by atoms with Gasteiger partial charge in [-0.05, 0) is 45.2 Å². The number of hydrogen-bond acceptors (Lipinski definition) is 3. The largest absolute Gasteiger partial charge is 0.490 e. The number of nitrogens with zero attached hydrogens (tertiary/aromatic N) is 1. The van der Waals surface area contributed by atoms with E-state index in [9.17, 15) is 9.59 Å². The predicted molar refractivity (Wildman–Crippen MR) is 94.3 cm³/mol. The monoisotopic (exact) mass is 330 g/mol. The van der Waals surface area contributed by atoms with Crippen LogP contribution in [-0.4, -0.2) is 25.0 Å². The number of carbonyl (C=O) groups excluding carboxylic acids is 2. The summed E-state index contributed by atoms with van der Waals surface area (Å²) in [5.41, 5.74) is 0.951. The Morgan fingerprint density at radius 1 is 1.38 bits per heavy atom. The molecule has 0 atom stereocenters. The minimum Gasteiger partial charge on any atom is -0.490 e. The predicted octanol–water partition coefficient (Wildman–Crippen LogP) is 3.59. The van der Waals surface area contributed by atoms with Crippen molar-refractivity contribution in [2.45, 2.75) is 46.5 Å². The Bertz CT molecular complexity index is 650. The Hall–Kier alpha value is -2.04. The van der Waals surface area contributed by atoms with Gasteiger partial charge in [0.15, 0.2) is 0 Å². The first-order chi connectivity index (χ1) is 11.4. The van der Waals surface area contributed by atoms with Crippen LogP contribution in [0.25, 0.3) is 0 Å². The molecule has 0 bridgehead atoms. The van der Waals surface area contributed by atoms with Crippen molar-refractivity contribution in [1.29, 1.82) is 0 Å². The second kappa shape index (κ2) is 6.46. The molecule has 0 unspecified atom stereocenters. The second-order valence-corrected chi connectivity index (χ2v) is 7.43. The molecule has 1 heterocycles. The Labute approximate surface area is 143 Å². The molecule has 1 aliphatic carbocycles. The average molecular weight is 330 g/mol. The summed E-state index contributed by atoms with van der Waals surface area (Å²) in [7, 11) is 0. The molecule has 5 heteroatoms. The van der Waals surface area contributed by atoms with Gasteiger partial charge in [-0.1, -0.05) is 13.3 Å². The average Bonchev–Trinajstić information content (AvgIpc) is 2.56. The van der Waals surface area contributed by atoms with Gasteiger partial charge in [-0.15, -0.1) is 0 Å². The van der Waals surface area contributed by atoms with E-state index in [2.05, 4.69) is 12.2 Å². The van der Waals surface area contributed by atoms with E-state index in [1.165, 1.54) is 0 Å². The van der Waals surface area contributed by atoms with Crippen molar-refractivity contribution in [3.63, 3.8) is 0 Å². The standard InChI is InChI=1S/C19H26N2O3/c1-4-10-21-15-9-8-14(20-17(22)13-6-5-7-13)11-16(15)24-12-19(2,3)18(21)23/h8-9,11,13H,4-7,10,12H2,1-3H3,(H,20,22). The molecule has 1 N–H and O–H groups in total. The van der Waals surface area contributed by atoms with Crippen LogP contribution in [0.15, 0.2) is 18.2 Å². The number of amides is 2. The molecular weight excluding hydrogens is 304 g/mol. The van der Waals surface area contributed by atoms with Crippen LogP contribution in [0.5, 0.6) is 5.75 Å². The zero-order valence-corrected chi connectivity index (χ0v) is 14.7. The third kappa shape index (κ3) is 3.12. The Balaban J connectivity index is 1.86. The molecule has 1 fully saturated rings. The number of nitrogens with one attached hydrogen (secondary N) is 1. The van der Waals surface area contributed by atoms with Crippen molar-refractivity contribution in [2.24, 2.45) is 11.3 Å². The van der Waals surface area contributed by atoms with E-state index in [1.807, 2.05) is 32.0 Å². The molecule has 1 aromatic carbocycles. The summed E-state index contributed by atoms with van der Waals surface area (Å²) >= 11 is 0. The van der Waals surface area contributed by atoms with Gasteiger partial charge in [0.05, 0.1) is 11.1 Å². The van der Waals surface area contributed by atoms with Crippen LogP contribution in [0.1, 0.15) is 46.5 Å². The Morgan fingerprint density at radius 3 is 2.75 bits per heavy atom. The summed E-state index contributed by atoms with van der Waals surface area (Å²) in [6, 6.07) is 5.57. The summed E-state index contributed by atoms with van der Waals surface area (Å²) in [6.45, 7) is 6.86. The fourth-order valence-corrected chi connectivity index (χ4v) is 3.09. The number of anilines is 2. The maximum absolute atomic E-state index is 12.8. The second-order valence-electron chi connectivity index (χ2n) is 7.43. The van der Waals surface area contributed by atoms with E-state index in [1.54, 1.807) is 4.90 Å². The zero-order chi connectivity index (χ0) is 17.3. The Kier molecular flexibility index (Phi) is 4.52. The van der Waals surface area contributed by atoms with Gasteiger partial charge in [0.25, 0.3) is 0 Å². The molecule has 0 radical (unpaired) electrons. The van der Waals surface area contributed by atoms with Gasteiger partial charge in [-0.3, -0.25) is 9.59 Å². The number of rotatable bonds is 4. The summed E-state index contributed by atoms with van der Waals surface area (Å²) in [5, 5.41) is 2.97. The van der Waals surface area contributed by atoms with Crippen molar-refractivity contribution in [3.05, 3.63) is 18.2 Å². The summed E-state index contributed by atoms with van der Waals surface area (Å²) in [6.07, 6.45) is 3.95. The SMILES string of the molecule is CCCN1C(=O)C(C)(C)COc2cc(NC(=O)C3CCC3)ccc21. The minimum atomic E-state index is -0.566. The molecule has 3 rings (SSSR count). The van der Waals surface area contributed by atoms with Gasteiger partial charge in [-0.2, -0.15) is 0 Å². The van der Waals surface area contributed by atoms with Crippen LogP contribution in [0, 0.1) is 11.3 Å². The van der Waals surface area contributed by atoms with E-state index < -0.39 is 5.41 Å². The molecule has 2 aliphatic rings. The molecule has 0 aromatic heterocycles. The van der Waals surface area contributed by atoms with E-state index in [-0.39, 0.29) is 17.7 Å². The molecule has 0 spiro atoms. The summed E-state index contributed by atoms with van der Waals surface area (Å²) < 4.78 is 5.92. The van der Waals surface area contributed by atoms with Gasteiger partial charge in [0.1, 0.15) is 12.4 Å². The number of fused-ring (bicyclic) bond motifs is 1. The van der Waals surface area contributed by atoms with Crippen LogP contribution in [-0.2, 0) is 9.59 Å². The topological polar surface area (TPSA) is 58.6 Å². The first-order valence-electron chi connectivity index (χ1n) is 8.82. The smallest absolute Gasteiger partial charge is 0.236 e. The molecular formula is C19H26N2O3. The fourth-order valence-electron chi connectivity index (χ4n) is 3.09. The quantitative estimate of drug-likeness (QED) is 0.918. The summed E-state index contributed by atoms with van der Waals surface area (Å²) in [4.78, 5) is 26.7. The maximum Gasteiger partial charge on any atom is 0.236 e. The lowest BCUT2D eigenvalue weighted by molar-refractivity contribution is -0.127. The van der Waals surface area contributed by atoms with Crippen LogP contribution in [0.2, 0.25) is 0 Å². The number of ether oxygens (including phenoxy) is 1. The highest BCUT2D eigenvalue weighted by Crippen LogP contribution is 2.38. The van der Waals surface area contributed by atoms with Crippen molar-refractivity contribution >= 4 is 23.2 Å². The van der Waals surface area contributed by atoms with E-state index in [4.69, 9.17) is 4.74 Å². The van der Waals surface area contributed by atoms with Crippen molar-refractivity contribution < 1.29 is 14.3 Å². The highest BCUT2D eigenvalue weighted by molar-refractivity contribution is 6.00. The molecule has 1 aromatic rings. The summed E-state index contributed by atoms with van der Waals surface area (Å²) in [5.74, 6) is 0.960. The van der Waals surface area contributed by atoms with Gasteiger partial charge in [0, 0.05) is 24.2 Å². The minimum absolute atomic E-state index is 0.0781. The molecule has 2 amide bonds. The van der Waals surface area contributed by atoms with Gasteiger partial charge < -0.3 is 15.0 Å². The Morgan fingerprint density at radius 2 is 2.12 bits per heavy atom.